The molecule has 0 saturated heterocycles. The van der Waals surface area contributed by atoms with Crippen molar-refractivity contribution in [3.8, 4) is 5.75 Å². The fourth-order valence-corrected chi connectivity index (χ4v) is 2.72. The van der Waals surface area contributed by atoms with Gasteiger partial charge >= 0.3 is 0 Å². The van der Waals surface area contributed by atoms with Gasteiger partial charge < -0.3 is 4.74 Å². The molecule has 0 fully saturated rings. The van der Waals surface area contributed by atoms with Gasteiger partial charge in [-0.25, -0.2) is 0 Å². The minimum Gasteiger partial charge on any atom is -0.429 e. The zero-order chi connectivity index (χ0) is 15.0. The van der Waals surface area contributed by atoms with Crippen LogP contribution in [0.5, 0.6) is 5.75 Å². The van der Waals surface area contributed by atoms with Crippen LogP contribution in [0.1, 0.15) is 12.5 Å². The van der Waals surface area contributed by atoms with Crippen LogP contribution in [0, 0.1) is 0 Å². The van der Waals surface area contributed by atoms with Crippen molar-refractivity contribution >= 4 is 54.3 Å². The smallest absolute Gasteiger partial charge is 0.298 e. The molecule has 0 saturated carbocycles. The topological polar surface area (TPSA) is 26.3 Å². The number of rotatable bonds is 3. The Hall–Kier alpha value is -0.650. The molecule has 5 heteroatoms. The van der Waals surface area contributed by atoms with Crippen LogP contribution in [0.2, 0.25) is 0 Å². The van der Waals surface area contributed by atoms with Crippen LogP contribution >= 0.6 is 47.8 Å². The predicted octanol–water partition coefficient (Wildman–Crippen LogP) is 5.76. The van der Waals surface area contributed by atoms with E-state index in [1.165, 1.54) is 10.0 Å². The zero-order valence-electron chi connectivity index (χ0n) is 10.8. The Morgan fingerprint density at radius 3 is 2.30 bits per heavy atom. The monoisotopic (exact) mass is 462 g/mol. The fourth-order valence-electron chi connectivity index (χ4n) is 1.41. The molecule has 0 aliphatic rings. The van der Waals surface area contributed by atoms with Gasteiger partial charge in [-0.1, -0.05) is 60.8 Å². The highest BCUT2D eigenvalue weighted by Crippen LogP contribution is 2.21. The summed E-state index contributed by atoms with van der Waals surface area (Å²) in [5.41, 5.74) is 1.34. The minimum absolute atomic E-state index is 0.405. The molecule has 0 heterocycles. The first-order valence-electron chi connectivity index (χ1n) is 5.86. The van der Waals surface area contributed by atoms with Gasteiger partial charge in [0.15, 0.2) is 0 Å². The molecule has 20 heavy (non-hydrogen) atoms. The summed E-state index contributed by atoms with van der Waals surface area (Å²) in [6, 6.07) is 13.3. The van der Waals surface area contributed by atoms with Gasteiger partial charge in [-0.15, -0.1) is 0 Å². The van der Waals surface area contributed by atoms with Crippen LogP contribution in [0.3, 0.4) is 0 Å². The fraction of sp³-hybridized carbons (Fsp3) is 0.133. The molecule has 0 unspecified atom stereocenters. The Morgan fingerprint density at radius 2 is 1.75 bits per heavy atom. The van der Waals surface area contributed by atoms with Crippen molar-refractivity contribution in [2.45, 2.75) is 13.3 Å². The lowest BCUT2D eigenvalue weighted by Crippen LogP contribution is -1.86. The lowest BCUT2D eigenvalue weighted by atomic mass is 10.2. The largest absolute Gasteiger partial charge is 0.429 e. The SMILES string of the molecule is CCc1cc(Br)ccc1Br.O=COc1cccc(Br)c1. The Labute approximate surface area is 143 Å². The second kappa shape index (κ2) is 9.32. The normalized spacial score (nSPS) is 9.40. The molecule has 0 amide bonds. The summed E-state index contributed by atoms with van der Waals surface area (Å²) in [7, 11) is 0. The molecule has 0 radical (unpaired) electrons. The van der Waals surface area contributed by atoms with E-state index in [9.17, 15) is 4.79 Å². The first kappa shape index (κ1) is 17.4. The van der Waals surface area contributed by atoms with E-state index < -0.39 is 0 Å². The van der Waals surface area contributed by atoms with Gasteiger partial charge in [0.1, 0.15) is 5.75 Å². The maximum atomic E-state index is 9.85. The molecule has 0 N–H and O–H groups in total. The quantitative estimate of drug-likeness (QED) is 0.540. The van der Waals surface area contributed by atoms with E-state index in [1.807, 2.05) is 12.1 Å². The van der Waals surface area contributed by atoms with Crippen molar-refractivity contribution in [2.75, 3.05) is 0 Å². The number of aryl methyl sites for hydroxylation is 1. The molecule has 2 nitrogen and oxygen atoms in total. The number of halogens is 3. The number of carbonyl (C=O) groups is 1. The highest BCUT2D eigenvalue weighted by Gasteiger charge is 1.96. The first-order chi connectivity index (χ1) is 9.56. The standard InChI is InChI=1S/C8H8Br2.C7H5BrO2/c1-2-6-5-7(9)3-4-8(6)10;8-6-2-1-3-7(4-6)10-5-9/h3-5H,2H2,1H3;1-5H. The van der Waals surface area contributed by atoms with E-state index in [-0.39, 0.29) is 0 Å². The van der Waals surface area contributed by atoms with Gasteiger partial charge in [0.25, 0.3) is 6.47 Å². The number of hydrogen-bond donors (Lipinski definition) is 0. The molecular formula is C15H13Br3O2. The summed E-state index contributed by atoms with van der Waals surface area (Å²) in [5, 5.41) is 0. The zero-order valence-corrected chi connectivity index (χ0v) is 15.5. The lowest BCUT2D eigenvalue weighted by molar-refractivity contribution is -0.120. The maximum absolute atomic E-state index is 9.85. The van der Waals surface area contributed by atoms with Crippen molar-refractivity contribution < 1.29 is 9.53 Å². The molecule has 2 rings (SSSR count). The van der Waals surface area contributed by atoms with E-state index in [0.717, 1.165) is 15.4 Å². The highest BCUT2D eigenvalue weighted by atomic mass is 79.9. The third-order valence-electron chi connectivity index (χ3n) is 2.37. The maximum Gasteiger partial charge on any atom is 0.298 e. The molecule has 0 aliphatic heterocycles. The second-order valence-corrected chi connectivity index (χ2v) is 6.45. The molecule has 2 aromatic rings. The summed E-state index contributed by atoms with van der Waals surface area (Å²) in [4.78, 5) is 9.85. The summed E-state index contributed by atoms with van der Waals surface area (Å²) in [5.74, 6) is 0.546. The lowest BCUT2D eigenvalue weighted by Gasteiger charge is -1.99. The van der Waals surface area contributed by atoms with Crippen LogP contribution < -0.4 is 4.74 Å². The van der Waals surface area contributed by atoms with Crippen molar-refractivity contribution in [3.05, 3.63) is 61.4 Å². The average Bonchev–Trinajstić information content (AvgIpc) is 2.43. The van der Waals surface area contributed by atoms with Crippen molar-refractivity contribution in [2.24, 2.45) is 0 Å². The van der Waals surface area contributed by atoms with Crippen LogP contribution in [0.4, 0.5) is 0 Å². The van der Waals surface area contributed by atoms with Gasteiger partial charge in [-0.3, -0.25) is 4.79 Å². The van der Waals surface area contributed by atoms with E-state index in [0.29, 0.717) is 12.2 Å². The molecule has 2 aromatic carbocycles. The second-order valence-electron chi connectivity index (χ2n) is 3.76. The third-order valence-corrected chi connectivity index (χ3v) is 4.13. The molecule has 0 bridgehead atoms. The van der Waals surface area contributed by atoms with Gasteiger partial charge in [0.2, 0.25) is 0 Å². The Morgan fingerprint density at radius 1 is 1.05 bits per heavy atom. The summed E-state index contributed by atoms with van der Waals surface area (Å²) in [6.07, 6.45) is 1.07. The van der Waals surface area contributed by atoms with Gasteiger partial charge in [0.05, 0.1) is 0 Å². The van der Waals surface area contributed by atoms with Crippen LogP contribution in [0.25, 0.3) is 0 Å². The highest BCUT2D eigenvalue weighted by molar-refractivity contribution is 9.11. The molecule has 0 spiro atoms. The van der Waals surface area contributed by atoms with Crippen molar-refractivity contribution in [1.82, 2.24) is 0 Å². The number of carbonyl (C=O) groups excluding carboxylic acids is 1. The Balaban J connectivity index is 0.000000200. The number of hydrogen-bond acceptors (Lipinski definition) is 2. The van der Waals surface area contributed by atoms with E-state index in [1.54, 1.807) is 18.2 Å². The van der Waals surface area contributed by atoms with Crippen LogP contribution in [-0.4, -0.2) is 6.47 Å². The van der Waals surface area contributed by atoms with Gasteiger partial charge in [0, 0.05) is 13.4 Å². The Kier molecular flexibility index (Phi) is 8.11. The van der Waals surface area contributed by atoms with Crippen molar-refractivity contribution in [3.63, 3.8) is 0 Å². The van der Waals surface area contributed by atoms with E-state index in [4.69, 9.17) is 0 Å². The first-order valence-corrected chi connectivity index (χ1v) is 8.24. The molecule has 0 atom stereocenters. The van der Waals surface area contributed by atoms with Crippen LogP contribution in [0.15, 0.2) is 55.9 Å². The summed E-state index contributed by atoms with van der Waals surface area (Å²) >= 11 is 10.1. The number of benzene rings is 2. The van der Waals surface area contributed by atoms with E-state index in [2.05, 4.69) is 71.6 Å². The average molecular weight is 465 g/mol. The van der Waals surface area contributed by atoms with Crippen molar-refractivity contribution in [1.29, 1.82) is 0 Å². The summed E-state index contributed by atoms with van der Waals surface area (Å²) < 4.78 is 7.81. The third kappa shape index (κ3) is 6.20. The predicted molar refractivity (Wildman–Crippen MR) is 92.1 cm³/mol. The minimum atomic E-state index is 0.405. The molecule has 0 aliphatic carbocycles. The molecule has 106 valence electrons. The summed E-state index contributed by atoms with van der Waals surface area (Å²) in [6.45, 7) is 2.55. The molecular weight excluding hydrogens is 452 g/mol. The Bertz CT molecular complexity index is 571. The van der Waals surface area contributed by atoms with Crippen LogP contribution in [-0.2, 0) is 11.2 Å². The number of ether oxygens (including phenoxy) is 1. The molecule has 0 aromatic heterocycles. The van der Waals surface area contributed by atoms with E-state index >= 15 is 0 Å². The van der Waals surface area contributed by atoms with Gasteiger partial charge in [-0.05, 0) is 48.4 Å². The van der Waals surface area contributed by atoms with Gasteiger partial charge in [-0.2, -0.15) is 0 Å².